The van der Waals surface area contributed by atoms with E-state index in [4.69, 9.17) is 0 Å². The first-order valence-corrected chi connectivity index (χ1v) is 4.14. The van der Waals surface area contributed by atoms with Crippen molar-refractivity contribution in [2.24, 2.45) is 0 Å². The Bertz CT molecular complexity index is 264. The normalized spacial score (nSPS) is 17.2. The molecule has 2 nitrogen and oxygen atoms in total. The van der Waals surface area contributed by atoms with Crippen molar-refractivity contribution in [2.75, 3.05) is 13.1 Å². The monoisotopic (exact) mass is 161 g/mol. The predicted octanol–water partition coefficient (Wildman–Crippen LogP) is 1.24. The molecule has 1 aromatic rings. The standard InChI is InChI=1S/C10H11NO/c12-8-11-6-10(7-11)9-4-2-1-3-5-9/h1-5,8,10H,6-7H2. The van der Waals surface area contributed by atoms with Crippen LogP contribution in [0.15, 0.2) is 30.3 Å². The van der Waals surface area contributed by atoms with Crippen LogP contribution in [0.25, 0.3) is 0 Å². The highest BCUT2D eigenvalue weighted by atomic mass is 16.1. The average molecular weight is 161 g/mol. The zero-order valence-electron chi connectivity index (χ0n) is 6.81. The molecule has 0 N–H and O–H groups in total. The second-order valence-electron chi connectivity index (χ2n) is 3.17. The molecule has 0 spiro atoms. The van der Waals surface area contributed by atoms with Gasteiger partial charge in [0.1, 0.15) is 0 Å². The summed E-state index contributed by atoms with van der Waals surface area (Å²) in [5, 5.41) is 0. The summed E-state index contributed by atoms with van der Waals surface area (Å²) in [6, 6.07) is 10.3. The smallest absolute Gasteiger partial charge is 0.209 e. The molecule has 0 aromatic heterocycles. The third kappa shape index (κ3) is 1.20. The Morgan fingerprint density at radius 1 is 1.25 bits per heavy atom. The Morgan fingerprint density at radius 2 is 1.92 bits per heavy atom. The number of rotatable bonds is 2. The molecule has 0 saturated carbocycles. The summed E-state index contributed by atoms with van der Waals surface area (Å²) in [4.78, 5) is 12.1. The van der Waals surface area contributed by atoms with Crippen LogP contribution < -0.4 is 0 Å². The Hall–Kier alpha value is -1.31. The number of hydrogen-bond acceptors (Lipinski definition) is 1. The minimum atomic E-state index is 0.566. The van der Waals surface area contributed by atoms with Gasteiger partial charge >= 0.3 is 0 Å². The molecule has 0 unspecified atom stereocenters. The Kier molecular flexibility index (Phi) is 1.82. The molecule has 1 amide bonds. The van der Waals surface area contributed by atoms with Crippen molar-refractivity contribution in [1.29, 1.82) is 0 Å². The molecule has 1 heterocycles. The molecular weight excluding hydrogens is 150 g/mol. The van der Waals surface area contributed by atoms with Crippen LogP contribution in [0.5, 0.6) is 0 Å². The number of carbonyl (C=O) groups is 1. The summed E-state index contributed by atoms with van der Waals surface area (Å²) < 4.78 is 0. The van der Waals surface area contributed by atoms with Crippen LogP contribution in [-0.2, 0) is 4.79 Å². The van der Waals surface area contributed by atoms with Gasteiger partial charge in [-0.3, -0.25) is 4.79 Å². The molecular formula is C10H11NO. The lowest BCUT2D eigenvalue weighted by Gasteiger charge is -2.36. The number of nitrogens with zero attached hydrogens (tertiary/aromatic N) is 1. The number of benzene rings is 1. The van der Waals surface area contributed by atoms with E-state index in [2.05, 4.69) is 12.1 Å². The van der Waals surface area contributed by atoms with Gasteiger partial charge in [0.25, 0.3) is 0 Å². The Balaban J connectivity index is 2.01. The quantitative estimate of drug-likeness (QED) is 0.598. The van der Waals surface area contributed by atoms with Crippen LogP contribution in [0.4, 0.5) is 0 Å². The molecule has 2 heteroatoms. The van der Waals surface area contributed by atoms with Gasteiger partial charge in [-0.15, -0.1) is 0 Å². The van der Waals surface area contributed by atoms with E-state index in [0.717, 1.165) is 19.5 Å². The minimum Gasteiger partial charge on any atom is -0.344 e. The fourth-order valence-corrected chi connectivity index (χ4v) is 1.53. The highest BCUT2D eigenvalue weighted by molar-refractivity contribution is 5.50. The third-order valence-corrected chi connectivity index (χ3v) is 2.33. The van der Waals surface area contributed by atoms with Crippen molar-refractivity contribution in [2.45, 2.75) is 5.92 Å². The predicted molar refractivity (Wildman–Crippen MR) is 46.8 cm³/mol. The molecule has 1 aromatic carbocycles. The zero-order chi connectivity index (χ0) is 8.39. The molecule has 62 valence electrons. The van der Waals surface area contributed by atoms with Crippen LogP contribution in [0.1, 0.15) is 11.5 Å². The van der Waals surface area contributed by atoms with E-state index in [1.54, 1.807) is 4.90 Å². The van der Waals surface area contributed by atoms with Gasteiger partial charge in [0, 0.05) is 19.0 Å². The largest absolute Gasteiger partial charge is 0.344 e. The highest BCUT2D eigenvalue weighted by Gasteiger charge is 2.25. The van der Waals surface area contributed by atoms with Crippen molar-refractivity contribution in [3.63, 3.8) is 0 Å². The molecule has 12 heavy (non-hydrogen) atoms. The summed E-state index contributed by atoms with van der Waals surface area (Å²) in [7, 11) is 0. The van der Waals surface area contributed by atoms with Crippen LogP contribution in [0.3, 0.4) is 0 Å². The first-order chi connectivity index (χ1) is 5.90. The molecule has 0 radical (unpaired) electrons. The van der Waals surface area contributed by atoms with Crippen LogP contribution in [0.2, 0.25) is 0 Å². The van der Waals surface area contributed by atoms with Gasteiger partial charge in [-0.05, 0) is 5.56 Å². The van der Waals surface area contributed by atoms with Gasteiger partial charge < -0.3 is 4.90 Å². The maximum absolute atomic E-state index is 10.3. The summed E-state index contributed by atoms with van der Waals surface area (Å²) in [6.07, 6.45) is 0.916. The molecule has 1 aliphatic heterocycles. The zero-order valence-corrected chi connectivity index (χ0v) is 6.81. The lowest BCUT2D eigenvalue weighted by molar-refractivity contribution is -0.122. The number of carbonyl (C=O) groups excluding carboxylic acids is 1. The van der Waals surface area contributed by atoms with Crippen LogP contribution >= 0.6 is 0 Å². The number of amides is 1. The lowest BCUT2D eigenvalue weighted by Crippen LogP contribution is -2.43. The summed E-state index contributed by atoms with van der Waals surface area (Å²) in [5.41, 5.74) is 1.34. The molecule has 0 bridgehead atoms. The topological polar surface area (TPSA) is 20.3 Å². The van der Waals surface area contributed by atoms with E-state index >= 15 is 0 Å². The van der Waals surface area contributed by atoms with Gasteiger partial charge in [0.15, 0.2) is 0 Å². The van der Waals surface area contributed by atoms with Crippen molar-refractivity contribution in [1.82, 2.24) is 4.90 Å². The molecule has 1 fully saturated rings. The van der Waals surface area contributed by atoms with Gasteiger partial charge in [0.05, 0.1) is 0 Å². The van der Waals surface area contributed by atoms with Crippen LogP contribution in [0, 0.1) is 0 Å². The van der Waals surface area contributed by atoms with Gasteiger partial charge in [-0.2, -0.15) is 0 Å². The second kappa shape index (κ2) is 2.97. The van der Waals surface area contributed by atoms with Gasteiger partial charge in [-0.25, -0.2) is 0 Å². The van der Waals surface area contributed by atoms with Crippen molar-refractivity contribution in [3.8, 4) is 0 Å². The average Bonchev–Trinajstić information content (AvgIpc) is 2.04. The number of likely N-dealkylation sites (tertiary alicyclic amines) is 1. The van der Waals surface area contributed by atoms with E-state index < -0.39 is 0 Å². The Labute approximate surface area is 71.8 Å². The minimum absolute atomic E-state index is 0.566. The van der Waals surface area contributed by atoms with E-state index in [-0.39, 0.29) is 0 Å². The summed E-state index contributed by atoms with van der Waals surface area (Å²) in [6.45, 7) is 1.76. The third-order valence-electron chi connectivity index (χ3n) is 2.33. The fourth-order valence-electron chi connectivity index (χ4n) is 1.53. The van der Waals surface area contributed by atoms with Crippen molar-refractivity contribution < 1.29 is 4.79 Å². The fraction of sp³-hybridized carbons (Fsp3) is 0.300. The van der Waals surface area contributed by atoms with E-state index in [1.807, 2.05) is 18.2 Å². The van der Waals surface area contributed by atoms with Gasteiger partial charge in [0.2, 0.25) is 6.41 Å². The second-order valence-corrected chi connectivity index (χ2v) is 3.17. The van der Waals surface area contributed by atoms with Gasteiger partial charge in [-0.1, -0.05) is 30.3 Å². The van der Waals surface area contributed by atoms with E-state index in [1.165, 1.54) is 5.56 Å². The first kappa shape index (κ1) is 7.35. The van der Waals surface area contributed by atoms with E-state index in [0.29, 0.717) is 5.92 Å². The van der Waals surface area contributed by atoms with Crippen molar-refractivity contribution >= 4 is 6.41 Å². The first-order valence-electron chi connectivity index (χ1n) is 4.14. The molecule has 0 aliphatic carbocycles. The molecule has 1 aliphatic rings. The maximum Gasteiger partial charge on any atom is 0.209 e. The highest BCUT2D eigenvalue weighted by Crippen LogP contribution is 2.24. The number of hydrogen-bond donors (Lipinski definition) is 0. The van der Waals surface area contributed by atoms with Crippen molar-refractivity contribution in [3.05, 3.63) is 35.9 Å². The lowest BCUT2D eigenvalue weighted by atomic mass is 9.92. The maximum atomic E-state index is 10.3. The summed E-state index contributed by atoms with van der Waals surface area (Å²) >= 11 is 0. The molecule has 1 saturated heterocycles. The summed E-state index contributed by atoms with van der Waals surface area (Å²) in [5.74, 6) is 0.566. The van der Waals surface area contributed by atoms with E-state index in [9.17, 15) is 4.79 Å². The van der Waals surface area contributed by atoms with Crippen LogP contribution in [-0.4, -0.2) is 24.4 Å². The molecule has 2 rings (SSSR count). The Morgan fingerprint density at radius 3 is 2.50 bits per heavy atom. The SMILES string of the molecule is O=CN1CC(c2ccccc2)C1. The molecule has 0 atom stereocenters.